The number of hydrogen-bond acceptors (Lipinski definition) is 4. The van der Waals surface area contributed by atoms with E-state index in [-0.39, 0.29) is 11.9 Å². The van der Waals surface area contributed by atoms with E-state index < -0.39 is 0 Å². The van der Waals surface area contributed by atoms with E-state index in [2.05, 4.69) is 48.2 Å². The van der Waals surface area contributed by atoms with E-state index in [1.807, 2.05) is 18.0 Å². The van der Waals surface area contributed by atoms with Gasteiger partial charge in [-0.05, 0) is 49.6 Å². The quantitative estimate of drug-likeness (QED) is 0.770. The van der Waals surface area contributed by atoms with Crippen LogP contribution in [0.4, 0.5) is 0 Å². The number of aryl methyl sites for hydroxylation is 1. The van der Waals surface area contributed by atoms with Crippen LogP contribution in [0.1, 0.15) is 42.0 Å². The molecule has 154 valence electrons. The SMILES string of the molecule is Cc1ccc(CN(C)C(=O)CN2CCCC2c2ccc3c(c2)OCCCO3)cc1. The Morgan fingerprint density at radius 1 is 1.07 bits per heavy atom. The zero-order valence-corrected chi connectivity index (χ0v) is 17.4. The Balaban J connectivity index is 1.41. The van der Waals surface area contributed by atoms with E-state index in [0.717, 1.165) is 42.9 Å². The maximum absolute atomic E-state index is 12.9. The first kappa shape index (κ1) is 19.8. The number of likely N-dealkylation sites (tertiary alicyclic amines) is 1. The molecule has 0 aromatic heterocycles. The third-order valence-corrected chi connectivity index (χ3v) is 5.82. The van der Waals surface area contributed by atoms with Gasteiger partial charge in [0.15, 0.2) is 11.5 Å². The molecule has 29 heavy (non-hydrogen) atoms. The third kappa shape index (κ3) is 4.73. The number of carbonyl (C=O) groups is 1. The highest BCUT2D eigenvalue weighted by Crippen LogP contribution is 2.37. The molecular formula is C24H30N2O3. The molecule has 1 atom stereocenters. The van der Waals surface area contributed by atoms with Gasteiger partial charge in [-0.15, -0.1) is 0 Å². The number of fused-ring (bicyclic) bond motifs is 1. The third-order valence-electron chi connectivity index (χ3n) is 5.82. The molecule has 1 amide bonds. The van der Waals surface area contributed by atoms with Crippen LogP contribution in [0.5, 0.6) is 11.5 Å². The standard InChI is InChI=1S/C24H30N2O3/c1-18-6-8-19(9-7-18)16-25(2)24(27)17-26-12-3-5-21(26)20-10-11-22-23(15-20)29-14-4-13-28-22/h6-11,15,21H,3-5,12-14,16-17H2,1-2H3. The lowest BCUT2D eigenvalue weighted by molar-refractivity contribution is -0.131. The maximum Gasteiger partial charge on any atom is 0.236 e. The van der Waals surface area contributed by atoms with Gasteiger partial charge in [-0.1, -0.05) is 35.9 Å². The molecule has 1 unspecified atom stereocenters. The lowest BCUT2D eigenvalue weighted by atomic mass is 10.0. The van der Waals surface area contributed by atoms with Gasteiger partial charge in [0.1, 0.15) is 0 Å². The fourth-order valence-electron chi connectivity index (χ4n) is 4.13. The summed E-state index contributed by atoms with van der Waals surface area (Å²) in [7, 11) is 1.89. The highest BCUT2D eigenvalue weighted by molar-refractivity contribution is 5.78. The Labute approximate surface area is 173 Å². The van der Waals surface area contributed by atoms with Crippen molar-refractivity contribution in [2.45, 2.75) is 38.8 Å². The van der Waals surface area contributed by atoms with Crippen molar-refractivity contribution in [2.75, 3.05) is 33.4 Å². The molecule has 0 radical (unpaired) electrons. The lowest BCUT2D eigenvalue weighted by Gasteiger charge is -2.27. The second kappa shape index (κ2) is 8.87. The highest BCUT2D eigenvalue weighted by atomic mass is 16.5. The summed E-state index contributed by atoms with van der Waals surface area (Å²) < 4.78 is 11.6. The fourth-order valence-corrected chi connectivity index (χ4v) is 4.13. The summed E-state index contributed by atoms with van der Waals surface area (Å²) in [5.74, 6) is 1.81. The average Bonchev–Trinajstić information content (AvgIpc) is 3.05. The predicted octanol–water partition coefficient (Wildman–Crippen LogP) is 3.95. The second-order valence-corrected chi connectivity index (χ2v) is 8.12. The van der Waals surface area contributed by atoms with Gasteiger partial charge < -0.3 is 14.4 Å². The molecule has 2 aliphatic heterocycles. The van der Waals surface area contributed by atoms with Crippen molar-refractivity contribution in [3.05, 3.63) is 59.2 Å². The van der Waals surface area contributed by atoms with Crippen molar-refractivity contribution >= 4 is 5.91 Å². The molecule has 0 bridgehead atoms. The molecule has 5 heteroatoms. The monoisotopic (exact) mass is 394 g/mol. The number of benzene rings is 2. The van der Waals surface area contributed by atoms with Crippen LogP contribution in [0.2, 0.25) is 0 Å². The van der Waals surface area contributed by atoms with E-state index >= 15 is 0 Å². The molecule has 0 spiro atoms. The van der Waals surface area contributed by atoms with Crippen LogP contribution in [0, 0.1) is 6.92 Å². The fraction of sp³-hybridized carbons (Fsp3) is 0.458. The van der Waals surface area contributed by atoms with Crippen molar-refractivity contribution in [2.24, 2.45) is 0 Å². The van der Waals surface area contributed by atoms with E-state index in [1.54, 1.807) is 0 Å². The highest BCUT2D eigenvalue weighted by Gasteiger charge is 2.29. The van der Waals surface area contributed by atoms with E-state index in [0.29, 0.717) is 26.3 Å². The van der Waals surface area contributed by atoms with Crippen molar-refractivity contribution < 1.29 is 14.3 Å². The molecule has 2 aliphatic rings. The molecule has 1 fully saturated rings. The summed E-state index contributed by atoms with van der Waals surface area (Å²) in [5.41, 5.74) is 3.60. The van der Waals surface area contributed by atoms with Gasteiger partial charge in [0.25, 0.3) is 0 Å². The summed E-state index contributed by atoms with van der Waals surface area (Å²) >= 11 is 0. The first-order chi connectivity index (χ1) is 14.1. The molecule has 1 saturated heterocycles. The minimum atomic E-state index is 0.159. The van der Waals surface area contributed by atoms with Gasteiger partial charge in [0, 0.05) is 26.1 Å². The van der Waals surface area contributed by atoms with Gasteiger partial charge in [-0.3, -0.25) is 9.69 Å². The van der Waals surface area contributed by atoms with Crippen molar-refractivity contribution in [1.82, 2.24) is 9.80 Å². The van der Waals surface area contributed by atoms with Gasteiger partial charge in [0.05, 0.1) is 19.8 Å². The van der Waals surface area contributed by atoms with Gasteiger partial charge in [-0.25, -0.2) is 0 Å². The van der Waals surface area contributed by atoms with Crippen LogP contribution >= 0.6 is 0 Å². The lowest BCUT2D eigenvalue weighted by Crippen LogP contribution is -2.37. The number of nitrogens with zero attached hydrogens (tertiary/aromatic N) is 2. The first-order valence-corrected chi connectivity index (χ1v) is 10.5. The van der Waals surface area contributed by atoms with E-state index in [1.165, 1.54) is 11.1 Å². The Morgan fingerprint density at radius 2 is 1.83 bits per heavy atom. The van der Waals surface area contributed by atoms with Crippen LogP contribution in [-0.2, 0) is 11.3 Å². The van der Waals surface area contributed by atoms with E-state index in [4.69, 9.17) is 9.47 Å². The van der Waals surface area contributed by atoms with Crippen LogP contribution in [-0.4, -0.2) is 49.1 Å². The zero-order chi connectivity index (χ0) is 20.2. The second-order valence-electron chi connectivity index (χ2n) is 8.12. The molecule has 4 rings (SSSR count). The van der Waals surface area contributed by atoms with Crippen LogP contribution in [0.3, 0.4) is 0 Å². The molecule has 0 saturated carbocycles. The number of amides is 1. The topological polar surface area (TPSA) is 42.0 Å². The summed E-state index contributed by atoms with van der Waals surface area (Å²) in [6.45, 7) is 5.49. The number of rotatable bonds is 5. The molecule has 5 nitrogen and oxygen atoms in total. The first-order valence-electron chi connectivity index (χ1n) is 10.5. The van der Waals surface area contributed by atoms with Crippen LogP contribution in [0.15, 0.2) is 42.5 Å². The Kier molecular flexibility index (Phi) is 6.05. The van der Waals surface area contributed by atoms with Gasteiger partial charge >= 0.3 is 0 Å². The smallest absolute Gasteiger partial charge is 0.236 e. The summed E-state index contributed by atoms with van der Waals surface area (Å²) in [5, 5.41) is 0. The molecule has 2 heterocycles. The number of carbonyl (C=O) groups excluding carboxylic acids is 1. The molecule has 0 N–H and O–H groups in total. The molecule has 2 aromatic rings. The average molecular weight is 395 g/mol. The largest absolute Gasteiger partial charge is 0.490 e. The van der Waals surface area contributed by atoms with Crippen molar-refractivity contribution in [3.8, 4) is 11.5 Å². The van der Waals surface area contributed by atoms with Crippen molar-refractivity contribution in [1.29, 1.82) is 0 Å². The Bertz CT molecular complexity index is 850. The molecular weight excluding hydrogens is 364 g/mol. The Morgan fingerprint density at radius 3 is 2.62 bits per heavy atom. The summed E-state index contributed by atoms with van der Waals surface area (Å²) in [6, 6.07) is 14.9. The Hall–Kier alpha value is -2.53. The number of likely N-dealkylation sites (N-methyl/N-ethyl adjacent to an activating group) is 1. The van der Waals surface area contributed by atoms with Crippen LogP contribution in [0.25, 0.3) is 0 Å². The molecule has 2 aromatic carbocycles. The number of hydrogen-bond donors (Lipinski definition) is 0. The van der Waals surface area contributed by atoms with E-state index in [9.17, 15) is 4.79 Å². The minimum Gasteiger partial charge on any atom is -0.490 e. The van der Waals surface area contributed by atoms with Crippen LogP contribution < -0.4 is 9.47 Å². The molecule has 0 aliphatic carbocycles. The maximum atomic E-state index is 12.9. The van der Waals surface area contributed by atoms with Gasteiger partial charge in [0.2, 0.25) is 5.91 Å². The van der Waals surface area contributed by atoms with Gasteiger partial charge in [-0.2, -0.15) is 0 Å². The summed E-state index contributed by atoms with van der Waals surface area (Å²) in [6.07, 6.45) is 3.07. The zero-order valence-electron chi connectivity index (χ0n) is 17.4. The normalized spacial score (nSPS) is 19.0. The predicted molar refractivity (Wildman–Crippen MR) is 113 cm³/mol. The summed E-state index contributed by atoms with van der Waals surface area (Å²) in [4.78, 5) is 17.0. The van der Waals surface area contributed by atoms with Crippen molar-refractivity contribution in [3.63, 3.8) is 0 Å². The minimum absolute atomic E-state index is 0.159. The number of ether oxygens (including phenoxy) is 2.